The van der Waals surface area contributed by atoms with Gasteiger partial charge in [0.2, 0.25) is 0 Å². The molecule has 0 spiro atoms. The van der Waals surface area contributed by atoms with Crippen molar-refractivity contribution in [2.45, 2.75) is 26.2 Å². The van der Waals surface area contributed by atoms with Crippen LogP contribution in [0.4, 0.5) is 4.39 Å². The fourth-order valence-electron chi connectivity index (χ4n) is 1.38. The minimum Gasteiger partial charge on any atom is -0.205 e. The Kier molecular flexibility index (Phi) is 2.96. The highest BCUT2D eigenvalue weighted by atomic mass is 79.9. The first kappa shape index (κ1) is 11.2. The second-order valence-corrected chi connectivity index (χ2v) is 5.00. The van der Waals surface area contributed by atoms with Gasteiger partial charge in [-0.15, -0.1) is 0 Å². The van der Waals surface area contributed by atoms with Gasteiger partial charge >= 0.3 is 0 Å². The molecule has 74 valence electrons. The summed E-state index contributed by atoms with van der Waals surface area (Å²) in [6.07, 6.45) is 0. The third kappa shape index (κ3) is 1.96. The summed E-state index contributed by atoms with van der Waals surface area (Å²) in [7, 11) is 0. The number of nitrogens with zero attached hydrogens (tertiary/aromatic N) is 1. The van der Waals surface area contributed by atoms with E-state index in [1.807, 2.05) is 26.8 Å². The maximum absolute atomic E-state index is 13.7. The van der Waals surface area contributed by atoms with Gasteiger partial charge in [-0.2, -0.15) is 5.26 Å². The molecule has 0 radical (unpaired) electrons. The van der Waals surface area contributed by atoms with Gasteiger partial charge in [-0.1, -0.05) is 20.8 Å². The van der Waals surface area contributed by atoms with Crippen LogP contribution in [0, 0.1) is 17.1 Å². The van der Waals surface area contributed by atoms with E-state index in [4.69, 9.17) is 5.26 Å². The third-order valence-electron chi connectivity index (χ3n) is 1.97. The van der Waals surface area contributed by atoms with E-state index in [-0.39, 0.29) is 11.2 Å². The van der Waals surface area contributed by atoms with Gasteiger partial charge in [0.25, 0.3) is 0 Å². The Hall–Kier alpha value is -0.880. The Morgan fingerprint density at radius 3 is 2.36 bits per heavy atom. The van der Waals surface area contributed by atoms with Crippen LogP contribution in [0.2, 0.25) is 0 Å². The maximum atomic E-state index is 13.7. The van der Waals surface area contributed by atoms with Crippen molar-refractivity contribution in [1.29, 1.82) is 5.26 Å². The highest BCUT2D eigenvalue weighted by molar-refractivity contribution is 9.10. The van der Waals surface area contributed by atoms with Crippen molar-refractivity contribution >= 4 is 15.9 Å². The predicted octanol–water partition coefficient (Wildman–Crippen LogP) is 3.76. The summed E-state index contributed by atoms with van der Waals surface area (Å²) in [5, 5.41) is 8.87. The number of hydrogen-bond donors (Lipinski definition) is 0. The summed E-state index contributed by atoms with van der Waals surface area (Å²) in [4.78, 5) is 0. The number of benzene rings is 1. The monoisotopic (exact) mass is 255 g/mol. The van der Waals surface area contributed by atoms with Gasteiger partial charge in [-0.25, -0.2) is 4.39 Å². The lowest BCUT2D eigenvalue weighted by Gasteiger charge is -2.21. The van der Waals surface area contributed by atoms with E-state index in [2.05, 4.69) is 15.9 Å². The van der Waals surface area contributed by atoms with Gasteiger partial charge < -0.3 is 0 Å². The minimum atomic E-state index is -0.362. The molecule has 0 aliphatic heterocycles. The standard InChI is InChI=1S/C11H11BrFN/c1-11(2,3)9-7(6-14)4-5-8(12)10(9)13/h4-5H,1-3H3. The van der Waals surface area contributed by atoms with Gasteiger partial charge in [-0.05, 0) is 33.5 Å². The molecule has 0 heterocycles. The Morgan fingerprint density at radius 2 is 1.93 bits per heavy atom. The number of nitriles is 1. The second kappa shape index (κ2) is 3.70. The number of hydrogen-bond acceptors (Lipinski definition) is 1. The summed E-state index contributed by atoms with van der Waals surface area (Å²) in [5.41, 5.74) is 0.506. The predicted molar refractivity (Wildman–Crippen MR) is 57.5 cm³/mol. The van der Waals surface area contributed by atoms with Crippen molar-refractivity contribution in [2.24, 2.45) is 0 Å². The zero-order valence-corrected chi connectivity index (χ0v) is 9.94. The fraction of sp³-hybridized carbons (Fsp3) is 0.364. The first-order chi connectivity index (χ1) is 6.38. The minimum absolute atomic E-state index is 0.337. The van der Waals surface area contributed by atoms with E-state index in [9.17, 15) is 4.39 Å². The molecule has 0 aliphatic carbocycles. The molecular formula is C11H11BrFN. The smallest absolute Gasteiger partial charge is 0.142 e. The average molecular weight is 256 g/mol. The van der Waals surface area contributed by atoms with E-state index in [0.29, 0.717) is 15.6 Å². The van der Waals surface area contributed by atoms with Crippen LogP contribution in [-0.2, 0) is 5.41 Å². The zero-order valence-electron chi connectivity index (χ0n) is 8.36. The van der Waals surface area contributed by atoms with Crippen LogP contribution in [-0.4, -0.2) is 0 Å². The van der Waals surface area contributed by atoms with E-state index in [1.165, 1.54) is 0 Å². The van der Waals surface area contributed by atoms with Gasteiger partial charge in [-0.3, -0.25) is 0 Å². The van der Waals surface area contributed by atoms with Crippen LogP contribution < -0.4 is 0 Å². The zero-order chi connectivity index (χ0) is 10.9. The number of halogens is 2. The Morgan fingerprint density at radius 1 is 1.36 bits per heavy atom. The van der Waals surface area contributed by atoms with E-state index in [1.54, 1.807) is 12.1 Å². The van der Waals surface area contributed by atoms with Crippen LogP contribution in [0.25, 0.3) is 0 Å². The molecule has 0 saturated heterocycles. The molecule has 1 aromatic rings. The fourth-order valence-corrected chi connectivity index (χ4v) is 1.71. The van der Waals surface area contributed by atoms with E-state index in [0.717, 1.165) is 0 Å². The van der Waals surface area contributed by atoms with Gasteiger partial charge in [0, 0.05) is 5.56 Å². The maximum Gasteiger partial charge on any atom is 0.142 e. The third-order valence-corrected chi connectivity index (χ3v) is 2.58. The van der Waals surface area contributed by atoms with Crippen molar-refractivity contribution < 1.29 is 4.39 Å². The highest BCUT2D eigenvalue weighted by Gasteiger charge is 2.23. The topological polar surface area (TPSA) is 23.8 Å². The molecule has 0 bridgehead atoms. The SMILES string of the molecule is CC(C)(C)c1c(C#N)ccc(Br)c1F. The van der Waals surface area contributed by atoms with Crippen LogP contribution in [0.3, 0.4) is 0 Å². The molecule has 3 heteroatoms. The number of rotatable bonds is 0. The molecule has 0 fully saturated rings. The molecule has 0 aromatic heterocycles. The molecule has 0 unspecified atom stereocenters. The van der Waals surface area contributed by atoms with Crippen molar-refractivity contribution in [1.82, 2.24) is 0 Å². The van der Waals surface area contributed by atoms with Crippen LogP contribution in [0.1, 0.15) is 31.9 Å². The first-order valence-electron chi connectivity index (χ1n) is 4.26. The summed E-state index contributed by atoms with van der Waals surface area (Å²) in [6.45, 7) is 5.66. The second-order valence-electron chi connectivity index (χ2n) is 4.15. The van der Waals surface area contributed by atoms with Crippen LogP contribution in [0.5, 0.6) is 0 Å². The molecule has 0 amide bonds. The Balaban J connectivity index is 3.54. The molecule has 1 rings (SSSR count). The van der Waals surface area contributed by atoms with E-state index >= 15 is 0 Å². The van der Waals surface area contributed by atoms with E-state index < -0.39 is 0 Å². The van der Waals surface area contributed by atoms with Crippen molar-refractivity contribution in [3.05, 3.63) is 33.5 Å². The largest absolute Gasteiger partial charge is 0.205 e. The molecule has 14 heavy (non-hydrogen) atoms. The van der Waals surface area contributed by atoms with Crippen molar-refractivity contribution in [3.8, 4) is 6.07 Å². The van der Waals surface area contributed by atoms with Crippen LogP contribution in [0.15, 0.2) is 16.6 Å². The summed E-state index contributed by atoms with van der Waals surface area (Å²) >= 11 is 3.12. The van der Waals surface area contributed by atoms with Crippen molar-refractivity contribution in [3.63, 3.8) is 0 Å². The molecule has 0 aliphatic rings. The lowest BCUT2D eigenvalue weighted by atomic mass is 9.83. The van der Waals surface area contributed by atoms with Crippen LogP contribution >= 0.6 is 15.9 Å². The molecular weight excluding hydrogens is 245 g/mol. The lowest BCUT2D eigenvalue weighted by Crippen LogP contribution is -2.16. The summed E-state index contributed by atoms with van der Waals surface area (Å²) in [5.74, 6) is -0.337. The quantitative estimate of drug-likeness (QED) is 0.693. The average Bonchev–Trinajstić information content (AvgIpc) is 2.07. The first-order valence-corrected chi connectivity index (χ1v) is 5.06. The molecule has 0 saturated carbocycles. The normalized spacial score (nSPS) is 11.1. The summed E-state index contributed by atoms with van der Waals surface area (Å²) in [6, 6.07) is 5.20. The molecule has 0 N–H and O–H groups in total. The summed E-state index contributed by atoms with van der Waals surface area (Å²) < 4.78 is 14.2. The Labute approximate surface area is 91.7 Å². The van der Waals surface area contributed by atoms with Gasteiger partial charge in [0.1, 0.15) is 5.82 Å². The molecule has 1 nitrogen and oxygen atoms in total. The highest BCUT2D eigenvalue weighted by Crippen LogP contribution is 2.31. The van der Waals surface area contributed by atoms with Crippen molar-refractivity contribution in [2.75, 3.05) is 0 Å². The Bertz CT molecular complexity index is 399. The van der Waals surface area contributed by atoms with Gasteiger partial charge in [0.05, 0.1) is 16.1 Å². The lowest BCUT2D eigenvalue weighted by molar-refractivity contribution is 0.518. The van der Waals surface area contributed by atoms with Gasteiger partial charge in [0.15, 0.2) is 0 Å². The molecule has 1 aromatic carbocycles. The molecule has 0 atom stereocenters.